The number of rotatable bonds is 6. The fourth-order valence-electron chi connectivity index (χ4n) is 3.62. The molecule has 3 aromatic heterocycles. The van der Waals surface area contributed by atoms with E-state index in [0.29, 0.717) is 22.9 Å². The number of benzene rings is 1. The Balaban J connectivity index is 1.28. The second kappa shape index (κ2) is 8.47. The molecule has 0 amide bonds. The molecule has 1 aromatic carbocycles. The number of fused-ring (bicyclic) bond motifs is 1. The lowest BCUT2D eigenvalue weighted by molar-refractivity contribution is 0.415. The molecule has 7 nitrogen and oxygen atoms in total. The molecule has 0 radical (unpaired) electrons. The summed E-state index contributed by atoms with van der Waals surface area (Å²) in [6.45, 7) is 4.28. The van der Waals surface area contributed by atoms with Gasteiger partial charge in [-0.25, -0.2) is 0 Å². The van der Waals surface area contributed by atoms with Crippen molar-refractivity contribution in [1.29, 1.82) is 0 Å². The highest BCUT2D eigenvalue weighted by Crippen LogP contribution is 2.39. The van der Waals surface area contributed by atoms with Crippen molar-refractivity contribution in [3.8, 4) is 28.0 Å². The SMILES string of the molecule is COc1ccc(-c2nnc([C@H](C)Sc3nnc(-c4cc5c(s4)CC[C@@H](C)C5)o3)o2)cc1. The van der Waals surface area contributed by atoms with Crippen molar-refractivity contribution in [1.82, 2.24) is 20.4 Å². The van der Waals surface area contributed by atoms with Gasteiger partial charge in [-0.1, -0.05) is 18.7 Å². The molecule has 1 aliphatic rings. The molecule has 0 spiro atoms. The molecule has 0 bridgehead atoms. The number of hydrogen-bond acceptors (Lipinski definition) is 9. The molecule has 2 atom stereocenters. The minimum Gasteiger partial charge on any atom is -0.497 e. The van der Waals surface area contributed by atoms with Gasteiger partial charge in [0.05, 0.1) is 17.2 Å². The maximum atomic E-state index is 5.93. The monoisotopic (exact) mass is 454 g/mol. The van der Waals surface area contributed by atoms with Crippen LogP contribution in [0.4, 0.5) is 0 Å². The Morgan fingerprint density at radius 3 is 2.71 bits per heavy atom. The van der Waals surface area contributed by atoms with E-state index < -0.39 is 0 Å². The van der Waals surface area contributed by atoms with Gasteiger partial charge in [0.15, 0.2) is 0 Å². The Morgan fingerprint density at radius 1 is 1.10 bits per heavy atom. The number of thiophene rings is 1. The van der Waals surface area contributed by atoms with E-state index in [1.807, 2.05) is 31.2 Å². The Morgan fingerprint density at radius 2 is 1.90 bits per heavy atom. The number of aromatic nitrogens is 4. The van der Waals surface area contributed by atoms with Crippen molar-refractivity contribution >= 4 is 23.1 Å². The highest BCUT2D eigenvalue weighted by Gasteiger charge is 2.23. The van der Waals surface area contributed by atoms with Gasteiger partial charge in [0.2, 0.25) is 11.8 Å². The number of nitrogens with zero attached hydrogens (tertiary/aromatic N) is 4. The third-order valence-corrected chi connectivity index (χ3v) is 7.50. The zero-order chi connectivity index (χ0) is 21.4. The maximum Gasteiger partial charge on any atom is 0.277 e. The normalized spacial score (nSPS) is 16.8. The highest BCUT2D eigenvalue weighted by atomic mass is 32.2. The molecule has 0 N–H and O–H groups in total. The second-order valence-electron chi connectivity index (χ2n) is 7.71. The van der Waals surface area contributed by atoms with Crippen LogP contribution in [0.1, 0.15) is 41.8 Å². The van der Waals surface area contributed by atoms with Crippen LogP contribution < -0.4 is 4.74 Å². The molecule has 0 saturated carbocycles. The summed E-state index contributed by atoms with van der Waals surface area (Å²) in [4.78, 5) is 2.50. The lowest BCUT2D eigenvalue weighted by Crippen LogP contribution is -2.07. The van der Waals surface area contributed by atoms with Crippen LogP contribution in [0, 0.1) is 5.92 Å². The quantitative estimate of drug-likeness (QED) is 0.336. The van der Waals surface area contributed by atoms with Gasteiger partial charge in [-0.15, -0.1) is 31.7 Å². The van der Waals surface area contributed by atoms with Gasteiger partial charge in [-0.05, 0) is 68.0 Å². The summed E-state index contributed by atoms with van der Waals surface area (Å²) in [6, 6.07) is 9.71. The minimum absolute atomic E-state index is 0.120. The van der Waals surface area contributed by atoms with Gasteiger partial charge in [0.25, 0.3) is 11.1 Å². The van der Waals surface area contributed by atoms with Crippen LogP contribution in [0.5, 0.6) is 5.75 Å². The summed E-state index contributed by atoms with van der Waals surface area (Å²) in [7, 11) is 1.63. The summed E-state index contributed by atoms with van der Waals surface area (Å²) >= 11 is 3.18. The smallest absolute Gasteiger partial charge is 0.277 e. The van der Waals surface area contributed by atoms with Crippen LogP contribution in [-0.4, -0.2) is 27.5 Å². The third-order valence-electron chi connectivity index (χ3n) is 5.35. The first-order valence-corrected chi connectivity index (χ1v) is 11.9. The van der Waals surface area contributed by atoms with Crippen molar-refractivity contribution in [2.75, 3.05) is 7.11 Å². The Labute approximate surface area is 188 Å². The lowest BCUT2D eigenvalue weighted by Gasteiger charge is -2.16. The van der Waals surface area contributed by atoms with Crippen LogP contribution in [0.3, 0.4) is 0 Å². The maximum absolute atomic E-state index is 5.93. The van der Waals surface area contributed by atoms with E-state index in [4.69, 9.17) is 13.6 Å². The van der Waals surface area contributed by atoms with Crippen molar-refractivity contribution in [2.24, 2.45) is 5.92 Å². The highest BCUT2D eigenvalue weighted by molar-refractivity contribution is 7.99. The molecule has 1 aliphatic carbocycles. The lowest BCUT2D eigenvalue weighted by atomic mass is 9.90. The van der Waals surface area contributed by atoms with Crippen LogP contribution >= 0.6 is 23.1 Å². The fraction of sp³-hybridized carbons (Fsp3) is 0.364. The number of methoxy groups -OCH3 is 1. The molecule has 0 saturated heterocycles. The summed E-state index contributed by atoms with van der Waals surface area (Å²) in [5.41, 5.74) is 2.27. The topological polar surface area (TPSA) is 87.1 Å². The zero-order valence-corrected chi connectivity index (χ0v) is 19.1. The predicted molar refractivity (Wildman–Crippen MR) is 119 cm³/mol. The zero-order valence-electron chi connectivity index (χ0n) is 17.5. The predicted octanol–water partition coefficient (Wildman–Crippen LogP) is 5.83. The van der Waals surface area contributed by atoms with Crippen LogP contribution in [-0.2, 0) is 12.8 Å². The number of thioether (sulfide) groups is 1. The molecule has 0 unspecified atom stereocenters. The van der Waals surface area contributed by atoms with Crippen molar-refractivity contribution < 1.29 is 13.6 Å². The first kappa shape index (κ1) is 20.3. The molecule has 4 aromatic rings. The molecule has 9 heteroatoms. The average Bonchev–Trinajstić information content (AvgIpc) is 3.52. The number of hydrogen-bond donors (Lipinski definition) is 0. The van der Waals surface area contributed by atoms with E-state index in [1.165, 1.54) is 28.6 Å². The van der Waals surface area contributed by atoms with Gasteiger partial charge < -0.3 is 13.6 Å². The van der Waals surface area contributed by atoms with E-state index in [0.717, 1.165) is 34.9 Å². The van der Waals surface area contributed by atoms with Gasteiger partial charge in [0.1, 0.15) is 5.75 Å². The van der Waals surface area contributed by atoms with Crippen LogP contribution in [0.2, 0.25) is 0 Å². The first-order valence-electron chi connectivity index (χ1n) is 10.2. The molecule has 3 heterocycles. The van der Waals surface area contributed by atoms with E-state index in [-0.39, 0.29) is 5.25 Å². The van der Waals surface area contributed by atoms with E-state index in [9.17, 15) is 0 Å². The molecule has 0 fully saturated rings. The summed E-state index contributed by atoms with van der Waals surface area (Å²) in [6.07, 6.45) is 3.52. The van der Waals surface area contributed by atoms with Gasteiger partial charge in [-0.2, -0.15) is 0 Å². The molecular formula is C22H22N4O3S2. The standard InChI is InChI=1S/C22H22N4O3S2/c1-12-4-9-17-15(10-12)11-18(31-17)21-25-26-22(29-21)30-13(2)19-23-24-20(28-19)14-5-7-16(27-3)8-6-14/h5-8,11-13H,4,9-10H2,1-3H3/t12-,13+/m1/s1. The van der Waals surface area contributed by atoms with Crippen molar-refractivity contribution in [2.45, 2.75) is 43.6 Å². The van der Waals surface area contributed by atoms with Gasteiger partial charge in [0, 0.05) is 10.4 Å². The van der Waals surface area contributed by atoms with Crippen LogP contribution in [0.25, 0.3) is 22.2 Å². The Bertz CT molecular complexity index is 1180. The summed E-state index contributed by atoms with van der Waals surface area (Å²) in [5.74, 6) is 3.07. The van der Waals surface area contributed by atoms with E-state index >= 15 is 0 Å². The second-order valence-corrected chi connectivity index (χ2v) is 10.1. The molecule has 5 rings (SSSR count). The minimum atomic E-state index is -0.120. The molecular weight excluding hydrogens is 432 g/mol. The summed E-state index contributed by atoms with van der Waals surface area (Å²) < 4.78 is 17.0. The van der Waals surface area contributed by atoms with E-state index in [1.54, 1.807) is 18.4 Å². The molecule has 0 aliphatic heterocycles. The Kier molecular flexibility index (Phi) is 5.54. The third kappa shape index (κ3) is 4.24. The molecule has 160 valence electrons. The number of aryl methyl sites for hydroxylation is 1. The van der Waals surface area contributed by atoms with Crippen molar-refractivity contribution in [3.05, 3.63) is 46.7 Å². The summed E-state index contributed by atoms with van der Waals surface area (Å²) in [5, 5.41) is 17.2. The molecule has 31 heavy (non-hydrogen) atoms. The largest absolute Gasteiger partial charge is 0.497 e. The average molecular weight is 455 g/mol. The van der Waals surface area contributed by atoms with Gasteiger partial charge >= 0.3 is 0 Å². The van der Waals surface area contributed by atoms with Crippen LogP contribution in [0.15, 0.2) is 44.4 Å². The van der Waals surface area contributed by atoms with Crippen molar-refractivity contribution in [3.63, 3.8) is 0 Å². The number of ether oxygens (including phenoxy) is 1. The van der Waals surface area contributed by atoms with E-state index in [2.05, 4.69) is 33.4 Å². The Hall–Kier alpha value is -2.65. The fourth-order valence-corrected chi connectivity index (χ4v) is 5.46. The van der Waals surface area contributed by atoms with Gasteiger partial charge in [-0.3, -0.25) is 0 Å². The first-order chi connectivity index (χ1) is 15.1.